The summed E-state index contributed by atoms with van der Waals surface area (Å²) in [4.78, 5) is 12.4. The van der Waals surface area contributed by atoms with Crippen LogP contribution in [0, 0.1) is 5.82 Å². The maximum Gasteiger partial charge on any atom is 0.285 e. The molecule has 0 fully saturated rings. The van der Waals surface area contributed by atoms with E-state index in [0.717, 1.165) is 24.3 Å². The van der Waals surface area contributed by atoms with Gasteiger partial charge in [-0.3, -0.25) is 9.69 Å². The minimum Gasteiger partial charge on any atom is -0.359 e. The lowest BCUT2D eigenvalue weighted by molar-refractivity contribution is -0.121. The molecule has 0 unspecified atom stereocenters. The summed E-state index contributed by atoms with van der Waals surface area (Å²) in [6.45, 7) is -0.286. The lowest BCUT2D eigenvalue weighted by atomic mass is 10.1. The van der Waals surface area contributed by atoms with E-state index in [2.05, 4.69) is 5.32 Å². The molecule has 0 aliphatic rings. The van der Waals surface area contributed by atoms with Gasteiger partial charge in [0.05, 0.1) is 6.54 Å². The maximum atomic E-state index is 13.9. The summed E-state index contributed by atoms with van der Waals surface area (Å²) >= 11 is 0. The number of likely N-dealkylation sites (N-methyl/N-ethyl adjacent to an activating group) is 1. The van der Waals surface area contributed by atoms with Crippen LogP contribution in [0.4, 0.5) is 13.2 Å². The first kappa shape index (κ1) is 15.5. The predicted molar refractivity (Wildman–Crippen MR) is 66.5 cm³/mol. The second-order valence-electron chi connectivity index (χ2n) is 4.37. The highest BCUT2D eigenvalue weighted by molar-refractivity contribution is 5.75. The molecule has 1 N–H and O–H groups in total. The Morgan fingerprint density at radius 2 is 1.89 bits per heavy atom. The molecular weight excluding hydrogens is 257 g/mol. The third-order valence-electron chi connectivity index (χ3n) is 2.73. The molecule has 0 bridgehead atoms. The number of halogens is 3. The molecule has 3 nitrogen and oxygen atoms in total. The summed E-state index contributed by atoms with van der Waals surface area (Å²) in [5.41, 5.74) is -0.235. The van der Waals surface area contributed by atoms with Crippen molar-refractivity contribution in [1.29, 1.82) is 0 Å². The maximum absolute atomic E-state index is 13.9. The van der Waals surface area contributed by atoms with Gasteiger partial charge in [0.2, 0.25) is 5.91 Å². The molecule has 6 heteroatoms. The number of carbonyl (C=O) groups excluding carboxylic acids is 1. The van der Waals surface area contributed by atoms with E-state index in [9.17, 15) is 18.0 Å². The van der Waals surface area contributed by atoms with Crippen molar-refractivity contribution in [2.24, 2.45) is 0 Å². The van der Waals surface area contributed by atoms with Crippen LogP contribution in [0.25, 0.3) is 0 Å². The Labute approximate surface area is 110 Å². The Kier molecular flexibility index (Phi) is 5.35. The van der Waals surface area contributed by atoms with Gasteiger partial charge in [0, 0.05) is 25.6 Å². The van der Waals surface area contributed by atoms with Crippen molar-refractivity contribution in [3.63, 3.8) is 0 Å². The average Bonchev–Trinajstić information content (AvgIpc) is 2.36. The van der Waals surface area contributed by atoms with E-state index >= 15 is 0 Å². The van der Waals surface area contributed by atoms with Crippen molar-refractivity contribution in [2.45, 2.75) is 12.3 Å². The summed E-state index contributed by atoms with van der Waals surface area (Å²) in [5.74, 6) is -3.82. The topological polar surface area (TPSA) is 32.3 Å². The van der Waals surface area contributed by atoms with Gasteiger partial charge in [-0.25, -0.2) is 4.39 Å². The molecule has 0 atom stereocenters. The molecule has 0 radical (unpaired) electrons. The third-order valence-corrected chi connectivity index (χ3v) is 2.73. The fourth-order valence-corrected chi connectivity index (χ4v) is 1.62. The van der Waals surface area contributed by atoms with Crippen LogP contribution in [0.1, 0.15) is 12.0 Å². The number of nitrogens with one attached hydrogen (secondary N) is 1. The van der Waals surface area contributed by atoms with Crippen LogP contribution < -0.4 is 5.32 Å². The molecule has 19 heavy (non-hydrogen) atoms. The molecule has 0 aliphatic heterocycles. The fourth-order valence-electron chi connectivity index (χ4n) is 1.62. The van der Waals surface area contributed by atoms with E-state index in [0.29, 0.717) is 0 Å². The first-order valence-electron chi connectivity index (χ1n) is 5.88. The number of benzene rings is 1. The SMILES string of the molecule is CNC(=O)CCN(C)CC(F)(F)c1ccc(F)cc1. The second-order valence-corrected chi connectivity index (χ2v) is 4.37. The van der Waals surface area contributed by atoms with E-state index in [1.165, 1.54) is 19.0 Å². The van der Waals surface area contributed by atoms with Gasteiger partial charge in [0.1, 0.15) is 5.82 Å². The smallest absolute Gasteiger partial charge is 0.285 e. The van der Waals surface area contributed by atoms with Crippen LogP contribution in [-0.2, 0) is 10.7 Å². The Morgan fingerprint density at radius 3 is 2.42 bits per heavy atom. The number of alkyl halides is 2. The highest BCUT2D eigenvalue weighted by atomic mass is 19.3. The molecule has 0 spiro atoms. The monoisotopic (exact) mass is 274 g/mol. The van der Waals surface area contributed by atoms with Crippen molar-refractivity contribution in [3.05, 3.63) is 35.6 Å². The molecule has 0 aromatic heterocycles. The first-order chi connectivity index (χ1) is 8.85. The van der Waals surface area contributed by atoms with Crippen molar-refractivity contribution in [3.8, 4) is 0 Å². The predicted octanol–water partition coefficient (Wildman–Crippen LogP) is 1.99. The number of carbonyl (C=O) groups is 1. The van der Waals surface area contributed by atoms with Crippen LogP contribution in [0.3, 0.4) is 0 Å². The summed E-state index contributed by atoms with van der Waals surface area (Å²) < 4.78 is 40.4. The van der Waals surface area contributed by atoms with Crippen molar-refractivity contribution in [2.75, 3.05) is 27.2 Å². The van der Waals surface area contributed by atoms with Crippen LogP contribution in [0.2, 0.25) is 0 Å². The lowest BCUT2D eigenvalue weighted by Gasteiger charge is -2.23. The first-order valence-corrected chi connectivity index (χ1v) is 5.88. The Balaban J connectivity index is 2.58. The van der Waals surface area contributed by atoms with Gasteiger partial charge in [0.15, 0.2) is 0 Å². The van der Waals surface area contributed by atoms with Crippen molar-refractivity contribution in [1.82, 2.24) is 10.2 Å². The average molecular weight is 274 g/mol. The quantitative estimate of drug-likeness (QED) is 0.860. The molecule has 0 heterocycles. The number of hydrogen-bond acceptors (Lipinski definition) is 2. The van der Waals surface area contributed by atoms with E-state index in [1.807, 2.05) is 0 Å². The minimum atomic E-state index is -3.08. The van der Waals surface area contributed by atoms with Crippen LogP contribution >= 0.6 is 0 Å². The van der Waals surface area contributed by atoms with Crippen molar-refractivity contribution < 1.29 is 18.0 Å². The molecule has 106 valence electrons. The summed E-state index contributed by atoms with van der Waals surface area (Å²) in [6, 6.07) is 4.16. The van der Waals surface area contributed by atoms with Crippen LogP contribution in [0.15, 0.2) is 24.3 Å². The number of nitrogens with zero attached hydrogens (tertiary/aromatic N) is 1. The highest BCUT2D eigenvalue weighted by Crippen LogP contribution is 2.28. The third kappa shape index (κ3) is 4.90. The van der Waals surface area contributed by atoms with Gasteiger partial charge in [-0.05, 0) is 19.2 Å². The highest BCUT2D eigenvalue weighted by Gasteiger charge is 2.32. The molecule has 1 amide bonds. The summed E-state index contributed by atoms with van der Waals surface area (Å²) in [6.07, 6.45) is 0.159. The zero-order chi connectivity index (χ0) is 14.5. The molecule has 1 aromatic rings. The molecule has 1 aromatic carbocycles. The lowest BCUT2D eigenvalue weighted by Crippen LogP contribution is -2.35. The number of hydrogen-bond donors (Lipinski definition) is 1. The minimum absolute atomic E-state index is 0.159. The largest absolute Gasteiger partial charge is 0.359 e. The van der Waals surface area contributed by atoms with Crippen LogP contribution in [-0.4, -0.2) is 38.0 Å². The van der Waals surface area contributed by atoms with Crippen LogP contribution in [0.5, 0.6) is 0 Å². The van der Waals surface area contributed by atoms with E-state index in [1.54, 1.807) is 0 Å². The van der Waals surface area contributed by atoms with E-state index < -0.39 is 18.3 Å². The molecule has 0 saturated carbocycles. The number of amides is 1. The molecular formula is C13H17F3N2O. The van der Waals surface area contributed by atoms with E-state index in [-0.39, 0.29) is 24.4 Å². The Hall–Kier alpha value is -1.56. The zero-order valence-corrected chi connectivity index (χ0v) is 10.9. The van der Waals surface area contributed by atoms with Crippen molar-refractivity contribution >= 4 is 5.91 Å². The Bertz CT molecular complexity index is 420. The standard InChI is InChI=1S/C13H17F3N2O/c1-17-12(19)7-8-18(2)9-13(15,16)10-3-5-11(14)6-4-10/h3-6H,7-9H2,1-2H3,(H,17,19). The summed E-state index contributed by atoms with van der Waals surface area (Å²) in [5, 5.41) is 2.43. The van der Waals surface area contributed by atoms with Gasteiger partial charge in [-0.15, -0.1) is 0 Å². The fraction of sp³-hybridized carbons (Fsp3) is 0.462. The molecule has 0 aliphatic carbocycles. The van der Waals surface area contributed by atoms with Gasteiger partial charge in [0.25, 0.3) is 5.92 Å². The zero-order valence-electron chi connectivity index (χ0n) is 10.9. The molecule has 0 saturated heterocycles. The van der Waals surface area contributed by atoms with Gasteiger partial charge >= 0.3 is 0 Å². The Morgan fingerprint density at radius 1 is 1.32 bits per heavy atom. The molecule has 1 rings (SSSR count). The van der Waals surface area contributed by atoms with Gasteiger partial charge < -0.3 is 5.32 Å². The van der Waals surface area contributed by atoms with Gasteiger partial charge in [-0.2, -0.15) is 8.78 Å². The number of rotatable bonds is 6. The normalized spacial score (nSPS) is 11.7. The van der Waals surface area contributed by atoms with E-state index in [4.69, 9.17) is 0 Å². The summed E-state index contributed by atoms with van der Waals surface area (Å²) in [7, 11) is 3.01. The second kappa shape index (κ2) is 6.56. The van der Waals surface area contributed by atoms with Gasteiger partial charge in [-0.1, -0.05) is 12.1 Å².